The standard InChI is InChI=1S/C16H26N2S/c1-15(2)12-18(9-10-19-15)13-16(3,11-17)14-7-5-4-6-8-14/h4-8H,9-13,17H2,1-3H3. The van der Waals surface area contributed by atoms with Crippen LogP contribution in [0, 0.1) is 0 Å². The van der Waals surface area contributed by atoms with Gasteiger partial charge in [-0.25, -0.2) is 0 Å². The van der Waals surface area contributed by atoms with Gasteiger partial charge in [0.2, 0.25) is 0 Å². The third-order valence-electron chi connectivity index (χ3n) is 4.00. The molecule has 0 spiro atoms. The van der Waals surface area contributed by atoms with Crippen LogP contribution in [0.25, 0.3) is 0 Å². The van der Waals surface area contributed by atoms with Crippen LogP contribution >= 0.6 is 11.8 Å². The van der Waals surface area contributed by atoms with Crippen LogP contribution in [-0.2, 0) is 5.41 Å². The van der Waals surface area contributed by atoms with Gasteiger partial charge in [0.15, 0.2) is 0 Å². The normalized spacial score (nSPS) is 22.9. The van der Waals surface area contributed by atoms with E-state index in [1.165, 1.54) is 17.9 Å². The predicted molar refractivity (Wildman–Crippen MR) is 85.8 cm³/mol. The molecular weight excluding hydrogens is 252 g/mol. The van der Waals surface area contributed by atoms with Crippen molar-refractivity contribution in [3.8, 4) is 0 Å². The van der Waals surface area contributed by atoms with Gasteiger partial charge in [-0.2, -0.15) is 11.8 Å². The number of thioether (sulfide) groups is 1. The molecule has 0 aliphatic carbocycles. The lowest BCUT2D eigenvalue weighted by Gasteiger charge is -2.42. The Labute approximate surface area is 121 Å². The van der Waals surface area contributed by atoms with Gasteiger partial charge in [-0.3, -0.25) is 0 Å². The van der Waals surface area contributed by atoms with Gasteiger partial charge in [0.05, 0.1) is 0 Å². The van der Waals surface area contributed by atoms with E-state index in [9.17, 15) is 0 Å². The summed E-state index contributed by atoms with van der Waals surface area (Å²) in [5.41, 5.74) is 7.50. The Morgan fingerprint density at radius 3 is 2.58 bits per heavy atom. The number of benzene rings is 1. The average Bonchev–Trinajstić information content (AvgIpc) is 2.38. The molecular formula is C16H26N2S. The van der Waals surface area contributed by atoms with Crippen LogP contribution in [0.1, 0.15) is 26.3 Å². The molecule has 1 aromatic rings. The number of nitrogens with zero attached hydrogens (tertiary/aromatic N) is 1. The van der Waals surface area contributed by atoms with E-state index in [-0.39, 0.29) is 5.41 Å². The van der Waals surface area contributed by atoms with E-state index in [0.717, 1.165) is 13.1 Å². The molecule has 1 aromatic carbocycles. The molecule has 1 fully saturated rings. The highest BCUT2D eigenvalue weighted by atomic mass is 32.2. The molecule has 0 amide bonds. The smallest absolute Gasteiger partial charge is 0.0231 e. The van der Waals surface area contributed by atoms with Crippen LogP contribution < -0.4 is 5.73 Å². The minimum absolute atomic E-state index is 0.0549. The molecule has 0 bridgehead atoms. The zero-order valence-corrected chi connectivity index (χ0v) is 13.2. The molecule has 19 heavy (non-hydrogen) atoms. The van der Waals surface area contributed by atoms with Gasteiger partial charge in [0.25, 0.3) is 0 Å². The summed E-state index contributed by atoms with van der Waals surface area (Å²) in [6.07, 6.45) is 0. The van der Waals surface area contributed by atoms with Crippen LogP contribution in [0.2, 0.25) is 0 Å². The highest BCUT2D eigenvalue weighted by Crippen LogP contribution is 2.32. The molecule has 1 heterocycles. The molecule has 1 atom stereocenters. The lowest BCUT2D eigenvalue weighted by atomic mass is 9.82. The monoisotopic (exact) mass is 278 g/mol. The summed E-state index contributed by atoms with van der Waals surface area (Å²) < 4.78 is 0.366. The van der Waals surface area contributed by atoms with Crippen molar-refractivity contribution in [1.29, 1.82) is 0 Å². The molecule has 1 aliphatic rings. The fraction of sp³-hybridized carbons (Fsp3) is 0.625. The Hall–Kier alpha value is -0.510. The Morgan fingerprint density at radius 2 is 2.00 bits per heavy atom. The lowest BCUT2D eigenvalue weighted by molar-refractivity contribution is 0.208. The van der Waals surface area contributed by atoms with Gasteiger partial charge < -0.3 is 10.6 Å². The summed E-state index contributed by atoms with van der Waals surface area (Å²) >= 11 is 2.08. The Morgan fingerprint density at radius 1 is 1.32 bits per heavy atom. The zero-order valence-electron chi connectivity index (χ0n) is 12.4. The zero-order chi connectivity index (χ0) is 13.9. The second-order valence-corrected chi connectivity index (χ2v) is 8.25. The molecule has 2 nitrogen and oxygen atoms in total. The summed E-state index contributed by atoms with van der Waals surface area (Å²) in [5.74, 6) is 1.22. The van der Waals surface area contributed by atoms with Crippen LogP contribution in [0.5, 0.6) is 0 Å². The summed E-state index contributed by atoms with van der Waals surface area (Å²) in [6.45, 7) is 11.0. The van der Waals surface area contributed by atoms with Crippen molar-refractivity contribution >= 4 is 11.8 Å². The minimum atomic E-state index is 0.0549. The molecule has 1 saturated heterocycles. The Bertz CT molecular complexity index is 404. The van der Waals surface area contributed by atoms with E-state index in [1.807, 2.05) is 0 Å². The quantitative estimate of drug-likeness (QED) is 0.918. The summed E-state index contributed by atoms with van der Waals surface area (Å²) in [6, 6.07) is 10.7. The first kappa shape index (κ1) is 14.9. The predicted octanol–water partition coefficient (Wildman–Crippen LogP) is 2.73. The topological polar surface area (TPSA) is 29.3 Å². The average molecular weight is 278 g/mol. The summed E-state index contributed by atoms with van der Waals surface area (Å²) in [5, 5.41) is 0. The van der Waals surface area contributed by atoms with E-state index in [1.54, 1.807) is 0 Å². The van der Waals surface area contributed by atoms with Crippen molar-refractivity contribution < 1.29 is 0 Å². The fourth-order valence-corrected chi connectivity index (χ4v) is 4.03. The maximum atomic E-state index is 6.09. The third-order valence-corrected chi connectivity index (χ3v) is 5.30. The van der Waals surface area contributed by atoms with Gasteiger partial charge in [-0.05, 0) is 19.4 Å². The first-order valence-electron chi connectivity index (χ1n) is 7.07. The maximum absolute atomic E-state index is 6.09. The van der Waals surface area contributed by atoms with Gasteiger partial charge in [-0.1, -0.05) is 37.3 Å². The van der Waals surface area contributed by atoms with Crippen LogP contribution in [-0.4, -0.2) is 41.6 Å². The second kappa shape index (κ2) is 5.86. The number of hydrogen-bond donors (Lipinski definition) is 1. The maximum Gasteiger partial charge on any atom is 0.0231 e. The van der Waals surface area contributed by atoms with E-state index >= 15 is 0 Å². The van der Waals surface area contributed by atoms with Crippen molar-refractivity contribution in [1.82, 2.24) is 4.90 Å². The van der Waals surface area contributed by atoms with E-state index < -0.39 is 0 Å². The SMILES string of the molecule is CC1(C)CN(CC(C)(CN)c2ccccc2)CCS1. The highest BCUT2D eigenvalue weighted by molar-refractivity contribution is 8.00. The van der Waals surface area contributed by atoms with Gasteiger partial charge in [0.1, 0.15) is 0 Å². The molecule has 2 N–H and O–H groups in total. The lowest BCUT2D eigenvalue weighted by Crippen LogP contribution is -2.50. The summed E-state index contributed by atoms with van der Waals surface area (Å²) in [7, 11) is 0. The number of rotatable bonds is 4. The molecule has 106 valence electrons. The molecule has 0 radical (unpaired) electrons. The first-order chi connectivity index (χ1) is 8.95. The Kier molecular flexibility index (Phi) is 4.59. The first-order valence-corrected chi connectivity index (χ1v) is 8.06. The van der Waals surface area contributed by atoms with Crippen molar-refractivity contribution in [3.05, 3.63) is 35.9 Å². The molecule has 0 saturated carbocycles. The Balaban J connectivity index is 2.10. The molecule has 0 aromatic heterocycles. The minimum Gasteiger partial charge on any atom is -0.330 e. The van der Waals surface area contributed by atoms with E-state index in [2.05, 4.69) is 67.8 Å². The fourth-order valence-electron chi connectivity index (χ4n) is 2.86. The van der Waals surface area contributed by atoms with Crippen LogP contribution in [0.15, 0.2) is 30.3 Å². The van der Waals surface area contributed by atoms with E-state index in [4.69, 9.17) is 5.73 Å². The van der Waals surface area contributed by atoms with Gasteiger partial charge in [-0.15, -0.1) is 0 Å². The van der Waals surface area contributed by atoms with Crippen molar-refractivity contribution in [2.45, 2.75) is 30.9 Å². The molecule has 2 rings (SSSR count). The molecule has 1 aliphatic heterocycles. The summed E-state index contributed by atoms with van der Waals surface area (Å²) in [4.78, 5) is 2.58. The highest BCUT2D eigenvalue weighted by Gasteiger charge is 2.33. The van der Waals surface area contributed by atoms with Crippen molar-refractivity contribution in [2.24, 2.45) is 5.73 Å². The second-order valence-electron chi connectivity index (χ2n) is 6.45. The van der Waals surface area contributed by atoms with Crippen molar-refractivity contribution in [3.63, 3.8) is 0 Å². The van der Waals surface area contributed by atoms with Crippen LogP contribution in [0.3, 0.4) is 0 Å². The number of nitrogens with two attached hydrogens (primary N) is 1. The van der Waals surface area contributed by atoms with E-state index in [0.29, 0.717) is 11.3 Å². The van der Waals surface area contributed by atoms with Gasteiger partial charge >= 0.3 is 0 Å². The van der Waals surface area contributed by atoms with Gasteiger partial charge in [0, 0.05) is 42.1 Å². The number of hydrogen-bond acceptors (Lipinski definition) is 3. The molecule has 3 heteroatoms. The molecule has 1 unspecified atom stereocenters. The third kappa shape index (κ3) is 3.74. The van der Waals surface area contributed by atoms with Crippen LogP contribution in [0.4, 0.5) is 0 Å². The largest absolute Gasteiger partial charge is 0.330 e. The van der Waals surface area contributed by atoms with Crippen molar-refractivity contribution in [2.75, 3.05) is 31.9 Å².